The molecular formula is C10H15NO. The molecule has 0 N–H and O–H groups in total. The second-order valence-electron chi connectivity index (χ2n) is 4.07. The number of ketones is 1. The molecular weight excluding hydrogens is 150 g/mol. The number of carbonyl (C=O) groups excluding carboxylic acids is 1. The van der Waals surface area contributed by atoms with Crippen molar-refractivity contribution >= 4 is 5.78 Å². The molecule has 0 aromatic rings. The highest BCUT2D eigenvalue weighted by molar-refractivity contribution is 5.98. The summed E-state index contributed by atoms with van der Waals surface area (Å²) in [4.78, 5) is 11.1. The molecule has 0 aromatic heterocycles. The zero-order valence-electron chi connectivity index (χ0n) is 7.98. The molecule has 0 atom stereocenters. The first-order valence-electron chi connectivity index (χ1n) is 3.99. The fourth-order valence-electron chi connectivity index (χ4n) is 0.702. The molecule has 0 bridgehead atoms. The van der Waals surface area contributed by atoms with E-state index in [4.69, 9.17) is 5.26 Å². The van der Waals surface area contributed by atoms with Gasteiger partial charge in [0.25, 0.3) is 0 Å². The van der Waals surface area contributed by atoms with Crippen molar-refractivity contribution in [3.63, 3.8) is 0 Å². The summed E-state index contributed by atoms with van der Waals surface area (Å²) in [6.07, 6.45) is 1.22. The summed E-state index contributed by atoms with van der Waals surface area (Å²) < 4.78 is 0. The van der Waals surface area contributed by atoms with Gasteiger partial charge in [0.05, 0.1) is 5.57 Å². The highest BCUT2D eigenvalue weighted by atomic mass is 16.1. The quantitative estimate of drug-likeness (QED) is 0.476. The van der Waals surface area contributed by atoms with Crippen LogP contribution in [0.2, 0.25) is 0 Å². The normalized spacial score (nSPS) is 10.5. The van der Waals surface area contributed by atoms with Crippen molar-refractivity contribution in [3.8, 4) is 6.07 Å². The minimum Gasteiger partial charge on any atom is -0.293 e. The Morgan fingerprint density at radius 3 is 2.33 bits per heavy atom. The zero-order valence-corrected chi connectivity index (χ0v) is 7.98. The Morgan fingerprint density at radius 1 is 1.50 bits per heavy atom. The van der Waals surface area contributed by atoms with E-state index in [1.807, 2.05) is 0 Å². The van der Waals surface area contributed by atoms with Crippen molar-refractivity contribution in [1.82, 2.24) is 0 Å². The number of carbonyl (C=O) groups is 1. The third kappa shape index (κ3) is 4.68. The third-order valence-electron chi connectivity index (χ3n) is 1.57. The summed E-state index contributed by atoms with van der Waals surface area (Å²) in [6.45, 7) is 9.56. The third-order valence-corrected chi connectivity index (χ3v) is 1.57. The van der Waals surface area contributed by atoms with Crippen molar-refractivity contribution in [2.75, 3.05) is 0 Å². The number of hydrogen-bond acceptors (Lipinski definition) is 2. The fraction of sp³-hybridized carbons (Fsp3) is 0.600. The van der Waals surface area contributed by atoms with Crippen LogP contribution < -0.4 is 0 Å². The molecule has 0 unspecified atom stereocenters. The van der Waals surface area contributed by atoms with E-state index < -0.39 is 0 Å². The van der Waals surface area contributed by atoms with E-state index in [0.717, 1.165) is 6.42 Å². The summed E-state index contributed by atoms with van der Waals surface area (Å²) >= 11 is 0. The van der Waals surface area contributed by atoms with Gasteiger partial charge in [-0.1, -0.05) is 27.4 Å². The molecule has 0 aliphatic heterocycles. The van der Waals surface area contributed by atoms with E-state index in [2.05, 4.69) is 27.4 Å². The Kier molecular flexibility index (Phi) is 3.69. The summed E-state index contributed by atoms with van der Waals surface area (Å²) in [5.74, 6) is -0.132. The number of Topliss-reactive ketones (excluding diaryl/α,β-unsaturated/α-hetero) is 1. The van der Waals surface area contributed by atoms with E-state index in [-0.39, 0.29) is 16.8 Å². The molecule has 0 radical (unpaired) electrons. The Hall–Kier alpha value is -1.10. The van der Waals surface area contributed by atoms with Crippen LogP contribution in [0.15, 0.2) is 12.2 Å². The van der Waals surface area contributed by atoms with E-state index in [0.29, 0.717) is 6.42 Å². The van der Waals surface area contributed by atoms with Crippen LogP contribution in [0.4, 0.5) is 0 Å². The van der Waals surface area contributed by atoms with E-state index in [1.165, 1.54) is 0 Å². The lowest BCUT2D eigenvalue weighted by atomic mass is 9.89. The van der Waals surface area contributed by atoms with Gasteiger partial charge in [-0.05, 0) is 11.8 Å². The molecule has 2 nitrogen and oxygen atoms in total. The van der Waals surface area contributed by atoms with Gasteiger partial charge in [-0.15, -0.1) is 0 Å². The van der Waals surface area contributed by atoms with Crippen molar-refractivity contribution in [3.05, 3.63) is 12.2 Å². The maximum atomic E-state index is 11.1. The second-order valence-corrected chi connectivity index (χ2v) is 4.07. The van der Waals surface area contributed by atoms with Crippen LogP contribution in [0.1, 0.15) is 33.6 Å². The van der Waals surface area contributed by atoms with E-state index >= 15 is 0 Å². The first-order valence-corrected chi connectivity index (χ1v) is 3.99. The van der Waals surface area contributed by atoms with Crippen LogP contribution in [0.5, 0.6) is 0 Å². The van der Waals surface area contributed by atoms with E-state index in [9.17, 15) is 4.79 Å². The summed E-state index contributed by atoms with van der Waals surface area (Å²) in [5, 5.41) is 8.36. The van der Waals surface area contributed by atoms with Crippen molar-refractivity contribution in [2.24, 2.45) is 5.41 Å². The lowest BCUT2D eigenvalue weighted by Crippen LogP contribution is -2.09. The maximum Gasteiger partial charge on any atom is 0.172 e. The van der Waals surface area contributed by atoms with Gasteiger partial charge in [0.1, 0.15) is 6.07 Å². The van der Waals surface area contributed by atoms with Crippen LogP contribution in [-0.2, 0) is 4.79 Å². The molecule has 12 heavy (non-hydrogen) atoms. The molecule has 0 rings (SSSR count). The number of hydrogen-bond donors (Lipinski definition) is 0. The minimum absolute atomic E-state index is 0.0688. The van der Waals surface area contributed by atoms with Gasteiger partial charge >= 0.3 is 0 Å². The lowest BCUT2D eigenvalue weighted by molar-refractivity contribution is -0.115. The number of nitriles is 1. The highest BCUT2D eigenvalue weighted by Gasteiger charge is 2.14. The Bertz CT molecular complexity index is 227. The van der Waals surface area contributed by atoms with Crippen LogP contribution in [0.25, 0.3) is 0 Å². The van der Waals surface area contributed by atoms with E-state index in [1.54, 1.807) is 6.07 Å². The smallest absolute Gasteiger partial charge is 0.172 e. The molecule has 0 amide bonds. The standard InChI is InChI=1S/C10H15NO/c1-8(7-11)9(12)5-6-10(2,3)4/h1,5-6H2,2-4H3. The van der Waals surface area contributed by atoms with Gasteiger partial charge in [0.15, 0.2) is 5.78 Å². The minimum atomic E-state index is -0.132. The van der Waals surface area contributed by atoms with Gasteiger partial charge < -0.3 is 0 Å². The summed E-state index contributed by atoms with van der Waals surface area (Å²) in [7, 11) is 0. The van der Waals surface area contributed by atoms with Gasteiger partial charge in [-0.3, -0.25) is 4.79 Å². The largest absolute Gasteiger partial charge is 0.293 e. The predicted octanol–water partition coefficient (Wildman–Crippen LogP) is 2.46. The molecule has 0 spiro atoms. The Labute approximate surface area is 73.9 Å². The molecule has 0 fully saturated rings. The molecule has 2 heteroatoms. The van der Waals surface area contributed by atoms with Crippen molar-refractivity contribution < 1.29 is 4.79 Å². The van der Waals surface area contributed by atoms with Crippen LogP contribution >= 0.6 is 0 Å². The highest BCUT2D eigenvalue weighted by Crippen LogP contribution is 2.21. The fourth-order valence-corrected chi connectivity index (χ4v) is 0.702. The number of allylic oxidation sites excluding steroid dienone is 1. The summed E-state index contributed by atoms with van der Waals surface area (Å²) in [6, 6.07) is 1.76. The molecule has 0 saturated carbocycles. The Morgan fingerprint density at radius 2 is 2.00 bits per heavy atom. The van der Waals surface area contributed by atoms with Gasteiger partial charge in [0.2, 0.25) is 0 Å². The average molecular weight is 165 g/mol. The van der Waals surface area contributed by atoms with Gasteiger partial charge in [-0.2, -0.15) is 5.26 Å². The lowest BCUT2D eigenvalue weighted by Gasteiger charge is -2.16. The topological polar surface area (TPSA) is 40.9 Å². The molecule has 0 aliphatic carbocycles. The number of nitrogens with zero attached hydrogens (tertiary/aromatic N) is 1. The summed E-state index contributed by atoms with van der Waals surface area (Å²) in [5.41, 5.74) is 0.213. The van der Waals surface area contributed by atoms with Crippen molar-refractivity contribution in [2.45, 2.75) is 33.6 Å². The average Bonchev–Trinajstić information content (AvgIpc) is 1.97. The zero-order chi connectivity index (χ0) is 9.78. The van der Waals surface area contributed by atoms with Crippen LogP contribution in [0, 0.1) is 16.7 Å². The van der Waals surface area contributed by atoms with Gasteiger partial charge in [-0.25, -0.2) is 0 Å². The molecule has 0 heterocycles. The first-order chi connectivity index (χ1) is 5.37. The first kappa shape index (κ1) is 10.9. The van der Waals surface area contributed by atoms with Crippen LogP contribution in [0.3, 0.4) is 0 Å². The van der Waals surface area contributed by atoms with Crippen molar-refractivity contribution in [1.29, 1.82) is 5.26 Å². The maximum absolute atomic E-state index is 11.1. The predicted molar refractivity (Wildman–Crippen MR) is 48.4 cm³/mol. The number of rotatable bonds is 3. The molecule has 66 valence electrons. The molecule has 0 aliphatic rings. The van der Waals surface area contributed by atoms with Gasteiger partial charge in [0, 0.05) is 6.42 Å². The van der Waals surface area contributed by atoms with Crippen LogP contribution in [-0.4, -0.2) is 5.78 Å². The molecule has 0 saturated heterocycles. The Balaban J connectivity index is 3.91. The SMILES string of the molecule is C=C(C#N)C(=O)CCC(C)(C)C. The molecule has 0 aromatic carbocycles. The second kappa shape index (κ2) is 4.06. The monoisotopic (exact) mass is 165 g/mol.